The van der Waals surface area contributed by atoms with Crippen molar-refractivity contribution in [3.05, 3.63) is 12.2 Å². The molecule has 2 unspecified atom stereocenters. The highest BCUT2D eigenvalue weighted by Crippen LogP contribution is 2.30. The lowest BCUT2D eigenvalue weighted by atomic mass is 9.86. The fourth-order valence-electron chi connectivity index (χ4n) is 3.67. The molecule has 0 radical (unpaired) electrons. The lowest BCUT2D eigenvalue weighted by Gasteiger charge is -2.16. The molecule has 0 saturated carbocycles. The summed E-state index contributed by atoms with van der Waals surface area (Å²) < 4.78 is 9.40. The van der Waals surface area contributed by atoms with Gasteiger partial charge < -0.3 is 9.47 Å². The molecule has 1 aliphatic heterocycles. The molecule has 0 amide bonds. The number of rotatable bonds is 16. The van der Waals surface area contributed by atoms with Gasteiger partial charge >= 0.3 is 17.9 Å². The lowest BCUT2D eigenvalue weighted by molar-refractivity contribution is -0.153. The summed E-state index contributed by atoms with van der Waals surface area (Å²) in [6.45, 7) is 2.21. The minimum Gasteiger partial charge on any atom is -0.469 e. The molecule has 0 N–H and O–H groups in total. The fourth-order valence-corrected chi connectivity index (χ4v) is 3.67. The molecular weight excluding hydrogens is 356 g/mol. The first-order chi connectivity index (χ1) is 13.6. The van der Waals surface area contributed by atoms with Crippen LogP contribution in [0.4, 0.5) is 0 Å². The lowest BCUT2D eigenvalue weighted by Crippen LogP contribution is -2.18. The maximum Gasteiger partial charge on any atom is 0.317 e. The van der Waals surface area contributed by atoms with Crippen LogP contribution in [0.15, 0.2) is 12.2 Å². The topological polar surface area (TPSA) is 69.7 Å². The number of hydrogen-bond donors (Lipinski definition) is 0. The maximum absolute atomic E-state index is 12.0. The summed E-state index contributed by atoms with van der Waals surface area (Å²) in [5, 5.41) is 0. The van der Waals surface area contributed by atoms with E-state index in [1.165, 1.54) is 39.2 Å². The number of carbonyl (C=O) groups excluding carboxylic acids is 3. The van der Waals surface area contributed by atoms with E-state index in [9.17, 15) is 14.4 Å². The molecule has 5 heteroatoms. The molecule has 1 heterocycles. The number of esters is 3. The summed E-state index contributed by atoms with van der Waals surface area (Å²) in [7, 11) is 1.42. The highest BCUT2D eigenvalue weighted by atomic mass is 16.6. The third-order valence-electron chi connectivity index (χ3n) is 5.42. The molecule has 1 rings (SSSR count). The number of hydrogen-bond acceptors (Lipinski definition) is 5. The van der Waals surface area contributed by atoms with Crippen molar-refractivity contribution in [2.24, 2.45) is 11.8 Å². The number of unbranched alkanes of at least 4 members (excludes halogenated alkanes) is 9. The van der Waals surface area contributed by atoms with Crippen molar-refractivity contribution in [2.75, 3.05) is 7.11 Å². The Labute approximate surface area is 170 Å². The van der Waals surface area contributed by atoms with Crippen LogP contribution in [0.25, 0.3) is 0 Å². The van der Waals surface area contributed by atoms with Crippen LogP contribution in [-0.4, -0.2) is 25.0 Å². The molecule has 0 spiro atoms. The van der Waals surface area contributed by atoms with Gasteiger partial charge in [0, 0.05) is 6.42 Å². The van der Waals surface area contributed by atoms with E-state index in [2.05, 4.69) is 23.8 Å². The molecule has 0 aromatic rings. The van der Waals surface area contributed by atoms with Crippen LogP contribution >= 0.6 is 0 Å². The Morgan fingerprint density at radius 3 is 2.43 bits per heavy atom. The zero-order chi connectivity index (χ0) is 20.6. The maximum atomic E-state index is 12.0. The zero-order valence-corrected chi connectivity index (χ0v) is 17.8. The monoisotopic (exact) mass is 394 g/mol. The van der Waals surface area contributed by atoms with Crippen LogP contribution in [0.5, 0.6) is 0 Å². The van der Waals surface area contributed by atoms with E-state index in [4.69, 9.17) is 4.74 Å². The Kier molecular flexibility index (Phi) is 13.3. The summed E-state index contributed by atoms with van der Waals surface area (Å²) in [4.78, 5) is 34.5. The molecule has 0 aliphatic carbocycles. The van der Waals surface area contributed by atoms with Gasteiger partial charge in [0.25, 0.3) is 0 Å². The molecule has 0 aromatic heterocycles. The van der Waals surface area contributed by atoms with Crippen molar-refractivity contribution in [1.82, 2.24) is 0 Å². The van der Waals surface area contributed by atoms with E-state index in [-0.39, 0.29) is 30.2 Å². The second-order valence-electron chi connectivity index (χ2n) is 7.78. The van der Waals surface area contributed by atoms with Gasteiger partial charge in [0.1, 0.15) is 0 Å². The largest absolute Gasteiger partial charge is 0.469 e. The minimum atomic E-state index is -0.393. The van der Waals surface area contributed by atoms with E-state index in [1.54, 1.807) is 0 Å². The summed E-state index contributed by atoms with van der Waals surface area (Å²) in [6, 6.07) is 0. The average molecular weight is 395 g/mol. The summed E-state index contributed by atoms with van der Waals surface area (Å²) in [6.07, 6.45) is 18.2. The second kappa shape index (κ2) is 15.3. The first-order valence-corrected chi connectivity index (χ1v) is 11.1. The molecule has 1 saturated heterocycles. The van der Waals surface area contributed by atoms with Crippen molar-refractivity contribution >= 4 is 17.9 Å². The Morgan fingerprint density at radius 1 is 1.07 bits per heavy atom. The quantitative estimate of drug-likeness (QED) is 0.149. The normalized spacial score (nSPS) is 17.9. The first-order valence-electron chi connectivity index (χ1n) is 11.1. The third kappa shape index (κ3) is 10.6. The van der Waals surface area contributed by atoms with E-state index < -0.39 is 5.97 Å². The minimum absolute atomic E-state index is 0.0876. The van der Waals surface area contributed by atoms with Crippen LogP contribution in [0, 0.1) is 11.8 Å². The molecule has 2 atom stereocenters. The predicted octanol–water partition coefficient (Wildman–Crippen LogP) is 5.51. The van der Waals surface area contributed by atoms with E-state index in [1.807, 2.05) is 0 Å². The van der Waals surface area contributed by atoms with Crippen LogP contribution in [0.2, 0.25) is 0 Å². The summed E-state index contributed by atoms with van der Waals surface area (Å²) in [5.74, 6) is -1.13. The van der Waals surface area contributed by atoms with Gasteiger partial charge in [-0.3, -0.25) is 14.4 Å². The molecule has 1 aliphatic rings. The molecule has 0 bridgehead atoms. The van der Waals surface area contributed by atoms with Gasteiger partial charge in [0.05, 0.1) is 19.4 Å². The first kappa shape index (κ1) is 24.4. The molecule has 1 fully saturated rings. The number of cyclic esters (lactones) is 2. The summed E-state index contributed by atoms with van der Waals surface area (Å²) in [5.41, 5.74) is 0. The van der Waals surface area contributed by atoms with Crippen LogP contribution in [0.1, 0.15) is 96.8 Å². The molecule has 0 aromatic carbocycles. The van der Waals surface area contributed by atoms with Crippen molar-refractivity contribution in [3.8, 4) is 0 Å². The predicted molar refractivity (Wildman–Crippen MR) is 110 cm³/mol. The van der Waals surface area contributed by atoms with Gasteiger partial charge in [-0.15, -0.1) is 0 Å². The van der Waals surface area contributed by atoms with Gasteiger partial charge in [0.2, 0.25) is 0 Å². The van der Waals surface area contributed by atoms with Crippen molar-refractivity contribution in [1.29, 1.82) is 0 Å². The highest BCUT2D eigenvalue weighted by Gasteiger charge is 2.37. The third-order valence-corrected chi connectivity index (χ3v) is 5.42. The summed E-state index contributed by atoms with van der Waals surface area (Å²) >= 11 is 0. The number of ether oxygens (including phenoxy) is 2. The van der Waals surface area contributed by atoms with E-state index in [0.29, 0.717) is 6.42 Å². The average Bonchev–Trinajstić information content (AvgIpc) is 3.02. The van der Waals surface area contributed by atoms with Gasteiger partial charge in [-0.1, -0.05) is 70.4 Å². The number of methoxy groups -OCH3 is 1. The Bertz CT molecular complexity index is 497. The van der Waals surface area contributed by atoms with Gasteiger partial charge in [0.15, 0.2) is 0 Å². The van der Waals surface area contributed by atoms with Crippen LogP contribution < -0.4 is 0 Å². The SMILES string of the molecule is CCCCCCC/C=C/C(CCCCCCCC(=O)OC)C1CC(=O)OC1=O. The second-order valence-corrected chi connectivity index (χ2v) is 7.78. The van der Waals surface area contributed by atoms with Gasteiger partial charge in [-0.2, -0.15) is 0 Å². The number of allylic oxidation sites excluding steroid dienone is 2. The molecular formula is C23H38O5. The van der Waals surface area contributed by atoms with Crippen molar-refractivity contribution in [2.45, 2.75) is 96.8 Å². The van der Waals surface area contributed by atoms with Crippen LogP contribution in [-0.2, 0) is 23.9 Å². The molecule has 160 valence electrons. The number of carbonyl (C=O) groups is 3. The zero-order valence-electron chi connectivity index (χ0n) is 17.8. The van der Waals surface area contributed by atoms with E-state index in [0.717, 1.165) is 44.9 Å². The van der Waals surface area contributed by atoms with Crippen molar-refractivity contribution in [3.63, 3.8) is 0 Å². The van der Waals surface area contributed by atoms with Crippen LogP contribution in [0.3, 0.4) is 0 Å². The van der Waals surface area contributed by atoms with Gasteiger partial charge in [-0.25, -0.2) is 0 Å². The molecule has 28 heavy (non-hydrogen) atoms. The van der Waals surface area contributed by atoms with Crippen molar-refractivity contribution < 1.29 is 23.9 Å². The Hall–Kier alpha value is -1.65. The highest BCUT2D eigenvalue weighted by molar-refractivity contribution is 5.94. The standard InChI is InChI=1S/C23H38O5/c1-3-4-5-6-7-9-12-15-19(20-18-22(25)28-23(20)26)16-13-10-8-11-14-17-21(24)27-2/h12,15,19-20H,3-11,13-14,16-18H2,1-2H3/b15-12+. The molecule has 5 nitrogen and oxygen atoms in total. The Balaban J connectivity index is 2.32. The fraction of sp³-hybridized carbons (Fsp3) is 0.783. The van der Waals surface area contributed by atoms with Gasteiger partial charge in [-0.05, 0) is 31.6 Å². The van der Waals surface area contributed by atoms with E-state index >= 15 is 0 Å². The Morgan fingerprint density at radius 2 is 1.75 bits per heavy atom. The smallest absolute Gasteiger partial charge is 0.317 e.